The van der Waals surface area contributed by atoms with Crippen LogP contribution in [0.1, 0.15) is 0 Å². The van der Waals surface area contributed by atoms with Crippen LogP contribution in [0.3, 0.4) is 0 Å². The van der Waals surface area contributed by atoms with Gasteiger partial charge in [-0.1, -0.05) is 0 Å². The van der Waals surface area contributed by atoms with Crippen LogP contribution in [-0.4, -0.2) is 68.6 Å². The van der Waals surface area contributed by atoms with Gasteiger partial charge < -0.3 is 5.48 Å². The van der Waals surface area contributed by atoms with Crippen LogP contribution in [0.25, 0.3) is 0 Å². The predicted molar refractivity (Wildman–Crippen MR) is 45.9 cm³/mol. The molecule has 0 amide bonds. The van der Waals surface area contributed by atoms with Crippen molar-refractivity contribution in [3.63, 3.8) is 0 Å². The maximum absolute atomic E-state index is 9.70. The van der Waals surface area contributed by atoms with Crippen molar-refractivity contribution in [1.82, 2.24) is 4.90 Å². The van der Waals surface area contributed by atoms with Gasteiger partial charge in [-0.25, -0.2) is 0 Å². The predicted octanol–water partition coefficient (Wildman–Crippen LogP) is -2.03. The Morgan fingerprint density at radius 1 is 0.923 bits per heavy atom. The van der Waals surface area contributed by atoms with Crippen LogP contribution in [-0.2, 0) is 11.3 Å². The van der Waals surface area contributed by atoms with Crippen molar-refractivity contribution < 1.29 is 20.9 Å². The average Bonchev–Trinajstić information content (AvgIpc) is 1.93. The summed E-state index contributed by atoms with van der Waals surface area (Å²) in [6.07, 6.45) is 0. The minimum atomic E-state index is -3.71. The van der Waals surface area contributed by atoms with E-state index in [1.807, 2.05) is 0 Å². The molecule has 3 heterocycles. The van der Waals surface area contributed by atoms with Gasteiger partial charge in [0.25, 0.3) is 0 Å². The molecule has 2 bridgehead atoms. The second-order valence-corrected chi connectivity index (χ2v) is 6.93. The number of hydrogen-bond acceptors (Lipinski definition) is 5. The molecule has 0 radical (unpaired) electrons. The van der Waals surface area contributed by atoms with Crippen LogP contribution in [0, 0.1) is 0 Å². The molecule has 7 heteroatoms. The molecule has 3 aliphatic rings. The molecule has 0 aromatic heterocycles. The van der Waals surface area contributed by atoms with E-state index in [0.29, 0.717) is 19.8 Å². The van der Waals surface area contributed by atoms with E-state index in [1.54, 1.807) is 0 Å². The molecule has 0 spiro atoms. The normalized spacial score (nSPS) is 39.9. The van der Waals surface area contributed by atoms with Gasteiger partial charge in [-0.2, -0.15) is 0 Å². The minimum absolute atomic E-state index is 0. The molecule has 13 heavy (non-hydrogen) atoms. The van der Waals surface area contributed by atoms with Gasteiger partial charge in [-0.3, -0.25) is 0 Å². The molecule has 0 aliphatic carbocycles. The Morgan fingerprint density at radius 2 is 1.31 bits per heavy atom. The first kappa shape index (κ1) is 11.4. The Labute approximate surface area is 80.4 Å². The molecule has 0 unspecified atom stereocenters. The molecule has 6 nitrogen and oxygen atoms in total. The van der Waals surface area contributed by atoms with Gasteiger partial charge >= 0.3 is 74.4 Å². The molecule has 0 saturated carbocycles. The van der Waals surface area contributed by atoms with Crippen molar-refractivity contribution in [1.29, 1.82) is 0 Å². The third kappa shape index (κ3) is 2.88. The molecule has 0 aromatic carbocycles. The number of fused-ring (bicyclic) bond motifs is 6. The molecule has 3 fully saturated rings. The van der Waals surface area contributed by atoms with E-state index in [2.05, 4.69) is 4.90 Å². The zero-order valence-electron chi connectivity index (χ0n) is 7.36. The van der Waals surface area contributed by atoms with Crippen molar-refractivity contribution in [3.05, 3.63) is 0 Å². The van der Waals surface area contributed by atoms with Crippen LogP contribution < -0.4 is 0 Å². The molecule has 0 atom stereocenters. The van der Waals surface area contributed by atoms with Crippen molar-refractivity contribution in [2.24, 2.45) is 0 Å². The van der Waals surface area contributed by atoms with Crippen LogP contribution in [0.15, 0.2) is 0 Å². The molecule has 3 rings (SSSR count). The van der Waals surface area contributed by atoms with E-state index in [4.69, 9.17) is 11.3 Å². The second-order valence-electron chi connectivity index (χ2n) is 2.91. The first-order valence-corrected chi connectivity index (χ1v) is 7.66. The fourth-order valence-corrected chi connectivity index (χ4v) is 4.09. The van der Waals surface area contributed by atoms with Gasteiger partial charge in [0.1, 0.15) is 0 Å². The molecule has 3 saturated heterocycles. The third-order valence-electron chi connectivity index (χ3n) is 2.08. The van der Waals surface area contributed by atoms with Crippen LogP contribution in [0.5, 0.6) is 0 Å². The zero-order chi connectivity index (χ0) is 8.44. The third-order valence-corrected chi connectivity index (χ3v) is 5.66. The number of hydrogen-bond donors (Lipinski definition) is 1. The summed E-state index contributed by atoms with van der Waals surface area (Å²) in [5.41, 5.74) is 0. The van der Waals surface area contributed by atoms with Crippen LogP contribution in [0.2, 0.25) is 0 Å². The Kier molecular flexibility index (Phi) is 4.11. The van der Waals surface area contributed by atoms with Gasteiger partial charge in [-0.15, -0.1) is 0 Å². The summed E-state index contributed by atoms with van der Waals surface area (Å²) in [5, 5.41) is 0. The standard InChI is InChI=1S/C6H13GeNO4.H2O/c9-7-10-4-1-8(2-5-11-7)3-6-12-7;/h9H,1-6H2;1H2. The topological polar surface area (TPSA) is 82.7 Å². The summed E-state index contributed by atoms with van der Waals surface area (Å²) in [6, 6.07) is 0. The summed E-state index contributed by atoms with van der Waals surface area (Å²) in [7, 11) is 0. The van der Waals surface area contributed by atoms with E-state index in [9.17, 15) is 4.13 Å². The van der Waals surface area contributed by atoms with Crippen molar-refractivity contribution >= 4 is 14.6 Å². The molecular weight excluding hydrogens is 239 g/mol. The summed E-state index contributed by atoms with van der Waals surface area (Å²) in [4.78, 5) is 2.21. The summed E-state index contributed by atoms with van der Waals surface area (Å²) < 4.78 is 25.3. The molecule has 78 valence electrons. The fourth-order valence-electron chi connectivity index (χ4n) is 1.37. The maximum atomic E-state index is 9.70. The van der Waals surface area contributed by atoms with E-state index >= 15 is 0 Å². The molecular formula is C6H15GeNO5. The first-order valence-electron chi connectivity index (χ1n) is 4.15. The van der Waals surface area contributed by atoms with Gasteiger partial charge in [0.2, 0.25) is 0 Å². The van der Waals surface area contributed by atoms with E-state index in [-0.39, 0.29) is 5.48 Å². The fraction of sp³-hybridized carbons (Fsp3) is 1.00. The van der Waals surface area contributed by atoms with E-state index < -0.39 is 14.6 Å². The van der Waals surface area contributed by atoms with Gasteiger partial charge in [0, 0.05) is 0 Å². The monoisotopic (exact) mass is 255 g/mol. The molecule has 3 aliphatic heterocycles. The van der Waals surface area contributed by atoms with Crippen molar-refractivity contribution in [2.45, 2.75) is 0 Å². The first-order chi connectivity index (χ1) is 5.79. The summed E-state index contributed by atoms with van der Waals surface area (Å²) in [6.45, 7) is 4.20. The summed E-state index contributed by atoms with van der Waals surface area (Å²) >= 11 is -3.71. The summed E-state index contributed by atoms with van der Waals surface area (Å²) in [5.74, 6) is 0. The van der Waals surface area contributed by atoms with E-state index in [1.165, 1.54) is 0 Å². The van der Waals surface area contributed by atoms with Gasteiger partial charge in [0.15, 0.2) is 0 Å². The number of rotatable bonds is 0. The zero-order valence-corrected chi connectivity index (χ0v) is 9.46. The molecule has 3 N–H and O–H groups in total. The Bertz CT molecular complexity index is 143. The quantitative estimate of drug-likeness (QED) is 0.504. The van der Waals surface area contributed by atoms with Crippen molar-refractivity contribution in [3.8, 4) is 0 Å². The second kappa shape index (κ2) is 4.69. The van der Waals surface area contributed by atoms with Gasteiger partial charge in [0.05, 0.1) is 0 Å². The van der Waals surface area contributed by atoms with Gasteiger partial charge in [-0.05, 0) is 0 Å². The Balaban J connectivity index is 0.000000845. The van der Waals surface area contributed by atoms with Crippen molar-refractivity contribution in [2.75, 3.05) is 39.5 Å². The average molecular weight is 254 g/mol. The SMILES string of the molecule is O.[OH][Ge]12[O]CCN(CC[O]1)CC[O]2. The Hall–Kier alpha value is 0.303. The van der Waals surface area contributed by atoms with Crippen LogP contribution >= 0.6 is 0 Å². The Morgan fingerprint density at radius 3 is 1.69 bits per heavy atom. The van der Waals surface area contributed by atoms with E-state index in [0.717, 1.165) is 19.6 Å². The molecule has 0 aromatic rings. The van der Waals surface area contributed by atoms with Crippen LogP contribution in [0.4, 0.5) is 0 Å². The number of nitrogens with zero attached hydrogens (tertiary/aromatic N) is 1.